The van der Waals surface area contributed by atoms with Crippen LogP contribution in [0.1, 0.15) is 71.1 Å². The van der Waals surface area contributed by atoms with Gasteiger partial charge in [-0.2, -0.15) is 0 Å². The first-order valence-corrected chi connectivity index (χ1v) is 8.97. The van der Waals surface area contributed by atoms with Crippen LogP contribution in [0.2, 0.25) is 0 Å². The molecule has 2 atom stereocenters. The molecule has 0 aromatic heterocycles. The number of rotatable bonds is 4. The Morgan fingerprint density at radius 3 is 2.43 bits per heavy atom. The van der Waals surface area contributed by atoms with Crippen LogP contribution in [0.4, 0.5) is 0 Å². The second kappa shape index (κ2) is 6.66. The lowest BCUT2D eigenvalue weighted by Crippen LogP contribution is -2.49. The molecule has 2 saturated carbocycles. The Balaban J connectivity index is 1.74. The number of carbonyl (C=O) groups excluding carboxylic acids is 1. The molecule has 0 aromatic rings. The van der Waals surface area contributed by atoms with Gasteiger partial charge >= 0.3 is 0 Å². The van der Waals surface area contributed by atoms with Crippen LogP contribution in [0.3, 0.4) is 0 Å². The first-order chi connectivity index (χ1) is 10.2. The SMILES string of the molecule is CCCC1NC(C2CCCC2)N(C2CCC(O)CC2)C1=O. The molecule has 2 unspecified atom stereocenters. The van der Waals surface area contributed by atoms with E-state index < -0.39 is 0 Å². The molecule has 1 amide bonds. The van der Waals surface area contributed by atoms with E-state index in [1.807, 2.05) is 0 Å². The summed E-state index contributed by atoms with van der Waals surface area (Å²) in [5.74, 6) is 0.970. The summed E-state index contributed by atoms with van der Waals surface area (Å²) in [7, 11) is 0. The summed E-state index contributed by atoms with van der Waals surface area (Å²) < 4.78 is 0. The fraction of sp³-hybridized carbons (Fsp3) is 0.941. The van der Waals surface area contributed by atoms with Crippen LogP contribution < -0.4 is 5.32 Å². The molecule has 2 aliphatic carbocycles. The van der Waals surface area contributed by atoms with Crippen LogP contribution in [-0.4, -0.2) is 40.3 Å². The topological polar surface area (TPSA) is 52.6 Å². The van der Waals surface area contributed by atoms with Crippen molar-refractivity contribution in [2.24, 2.45) is 5.92 Å². The fourth-order valence-corrected chi connectivity index (χ4v) is 4.55. The van der Waals surface area contributed by atoms with Crippen molar-refractivity contribution in [2.45, 2.75) is 95.5 Å². The molecule has 3 fully saturated rings. The number of aliphatic hydroxyl groups is 1. The van der Waals surface area contributed by atoms with Gasteiger partial charge in [-0.3, -0.25) is 10.1 Å². The van der Waals surface area contributed by atoms with E-state index >= 15 is 0 Å². The Labute approximate surface area is 128 Å². The number of aliphatic hydroxyl groups excluding tert-OH is 1. The van der Waals surface area contributed by atoms with Gasteiger partial charge in [0.2, 0.25) is 5.91 Å². The summed E-state index contributed by atoms with van der Waals surface area (Å²) in [6.45, 7) is 2.15. The summed E-state index contributed by atoms with van der Waals surface area (Å²) >= 11 is 0. The van der Waals surface area contributed by atoms with Crippen molar-refractivity contribution in [1.29, 1.82) is 0 Å². The van der Waals surface area contributed by atoms with Gasteiger partial charge in [0, 0.05) is 6.04 Å². The van der Waals surface area contributed by atoms with E-state index in [0.29, 0.717) is 17.9 Å². The fourth-order valence-electron chi connectivity index (χ4n) is 4.55. The van der Waals surface area contributed by atoms with Crippen molar-refractivity contribution >= 4 is 5.91 Å². The molecule has 120 valence electrons. The first kappa shape index (κ1) is 15.3. The normalized spacial score (nSPS) is 38.4. The molecular weight excluding hydrogens is 264 g/mol. The summed E-state index contributed by atoms with van der Waals surface area (Å²) in [6, 6.07) is 0.383. The zero-order valence-electron chi connectivity index (χ0n) is 13.3. The van der Waals surface area contributed by atoms with E-state index in [4.69, 9.17) is 0 Å². The van der Waals surface area contributed by atoms with Gasteiger partial charge in [-0.05, 0) is 50.9 Å². The van der Waals surface area contributed by atoms with Crippen LogP contribution >= 0.6 is 0 Å². The molecule has 3 rings (SSSR count). The van der Waals surface area contributed by atoms with Crippen molar-refractivity contribution in [3.8, 4) is 0 Å². The van der Waals surface area contributed by atoms with Gasteiger partial charge in [0.05, 0.1) is 18.3 Å². The molecule has 21 heavy (non-hydrogen) atoms. The van der Waals surface area contributed by atoms with E-state index in [-0.39, 0.29) is 18.3 Å². The monoisotopic (exact) mass is 294 g/mol. The molecule has 4 nitrogen and oxygen atoms in total. The van der Waals surface area contributed by atoms with Crippen molar-refractivity contribution in [3.05, 3.63) is 0 Å². The largest absolute Gasteiger partial charge is 0.393 e. The van der Waals surface area contributed by atoms with E-state index in [2.05, 4.69) is 17.1 Å². The van der Waals surface area contributed by atoms with Gasteiger partial charge in [0.25, 0.3) is 0 Å². The summed E-state index contributed by atoms with van der Waals surface area (Å²) in [6.07, 6.45) is 10.9. The van der Waals surface area contributed by atoms with Gasteiger partial charge in [-0.15, -0.1) is 0 Å². The lowest BCUT2D eigenvalue weighted by molar-refractivity contribution is -0.134. The van der Waals surface area contributed by atoms with Gasteiger partial charge in [-0.25, -0.2) is 0 Å². The minimum absolute atomic E-state index is 0.0347. The number of nitrogens with zero attached hydrogens (tertiary/aromatic N) is 1. The van der Waals surface area contributed by atoms with Crippen molar-refractivity contribution < 1.29 is 9.90 Å². The van der Waals surface area contributed by atoms with Gasteiger partial charge in [0.15, 0.2) is 0 Å². The number of hydrogen-bond acceptors (Lipinski definition) is 3. The highest BCUT2D eigenvalue weighted by molar-refractivity contribution is 5.84. The Morgan fingerprint density at radius 2 is 1.81 bits per heavy atom. The number of amides is 1. The number of hydrogen-bond donors (Lipinski definition) is 2. The average Bonchev–Trinajstić information content (AvgIpc) is 3.10. The second-order valence-corrected chi connectivity index (χ2v) is 7.21. The third-order valence-electron chi connectivity index (χ3n) is 5.71. The van der Waals surface area contributed by atoms with E-state index in [9.17, 15) is 9.90 Å². The van der Waals surface area contributed by atoms with Gasteiger partial charge in [-0.1, -0.05) is 26.2 Å². The third kappa shape index (κ3) is 3.11. The van der Waals surface area contributed by atoms with Crippen LogP contribution in [0.15, 0.2) is 0 Å². The van der Waals surface area contributed by atoms with Crippen molar-refractivity contribution in [3.63, 3.8) is 0 Å². The number of carbonyl (C=O) groups is 1. The van der Waals surface area contributed by atoms with Crippen LogP contribution in [-0.2, 0) is 4.79 Å². The number of nitrogens with one attached hydrogen (secondary N) is 1. The molecule has 0 spiro atoms. The summed E-state index contributed by atoms with van der Waals surface area (Å²) in [5, 5.41) is 13.4. The average molecular weight is 294 g/mol. The molecule has 2 N–H and O–H groups in total. The molecule has 0 bridgehead atoms. The summed E-state index contributed by atoms with van der Waals surface area (Å²) in [5.41, 5.74) is 0. The van der Waals surface area contributed by atoms with Crippen molar-refractivity contribution in [2.75, 3.05) is 0 Å². The Bertz CT molecular complexity index is 360. The van der Waals surface area contributed by atoms with Crippen LogP contribution in [0, 0.1) is 5.92 Å². The van der Waals surface area contributed by atoms with Crippen LogP contribution in [0.25, 0.3) is 0 Å². The lowest BCUT2D eigenvalue weighted by atomic mass is 9.90. The summed E-state index contributed by atoms with van der Waals surface area (Å²) in [4.78, 5) is 15.0. The maximum absolute atomic E-state index is 12.8. The molecule has 3 aliphatic rings. The zero-order chi connectivity index (χ0) is 14.8. The Hall–Kier alpha value is -0.610. The molecule has 1 aliphatic heterocycles. The predicted octanol–water partition coefficient (Wildman–Crippen LogP) is 2.41. The van der Waals surface area contributed by atoms with Crippen molar-refractivity contribution in [1.82, 2.24) is 10.2 Å². The maximum atomic E-state index is 12.8. The highest BCUT2D eigenvalue weighted by Crippen LogP contribution is 2.36. The van der Waals surface area contributed by atoms with E-state index in [1.165, 1.54) is 25.7 Å². The smallest absolute Gasteiger partial charge is 0.241 e. The zero-order valence-corrected chi connectivity index (χ0v) is 13.3. The Morgan fingerprint density at radius 1 is 1.14 bits per heavy atom. The van der Waals surface area contributed by atoms with Crippen LogP contribution in [0.5, 0.6) is 0 Å². The third-order valence-corrected chi connectivity index (χ3v) is 5.71. The molecule has 0 aromatic carbocycles. The van der Waals surface area contributed by atoms with Gasteiger partial charge in [0.1, 0.15) is 0 Å². The molecule has 1 saturated heterocycles. The second-order valence-electron chi connectivity index (χ2n) is 7.21. The highest BCUT2D eigenvalue weighted by Gasteiger charge is 2.46. The first-order valence-electron chi connectivity index (χ1n) is 8.97. The lowest BCUT2D eigenvalue weighted by Gasteiger charge is -2.38. The minimum Gasteiger partial charge on any atom is -0.393 e. The quantitative estimate of drug-likeness (QED) is 0.837. The standard InChI is InChI=1S/C17H30N2O2/c1-2-5-15-17(21)19(13-8-10-14(20)11-9-13)16(18-15)12-6-3-4-7-12/h12-16,18,20H,2-11H2,1H3. The van der Waals surface area contributed by atoms with Gasteiger partial charge < -0.3 is 10.0 Å². The predicted molar refractivity (Wildman–Crippen MR) is 82.7 cm³/mol. The van der Waals surface area contributed by atoms with E-state index in [0.717, 1.165) is 38.5 Å². The molecular formula is C17H30N2O2. The molecule has 0 radical (unpaired) electrons. The Kier molecular flexibility index (Phi) is 4.85. The molecule has 1 heterocycles. The maximum Gasteiger partial charge on any atom is 0.241 e. The minimum atomic E-state index is -0.150. The molecule has 4 heteroatoms. The van der Waals surface area contributed by atoms with E-state index in [1.54, 1.807) is 0 Å². The highest BCUT2D eigenvalue weighted by atomic mass is 16.3.